The van der Waals surface area contributed by atoms with Gasteiger partial charge in [-0.15, -0.1) is 0 Å². The van der Waals surface area contributed by atoms with Crippen molar-refractivity contribution in [2.75, 3.05) is 38.0 Å². The number of likely N-dealkylation sites (tertiary alicyclic amines) is 1. The van der Waals surface area contributed by atoms with Crippen molar-refractivity contribution >= 4 is 27.5 Å². The van der Waals surface area contributed by atoms with Crippen LogP contribution in [0.5, 0.6) is 0 Å². The second-order valence-corrected chi connectivity index (χ2v) is 10.9. The summed E-state index contributed by atoms with van der Waals surface area (Å²) < 4.78 is 32.4. The summed E-state index contributed by atoms with van der Waals surface area (Å²) in [6, 6.07) is 9.99. The lowest BCUT2D eigenvalue weighted by Crippen LogP contribution is -2.45. The van der Waals surface area contributed by atoms with Gasteiger partial charge in [0.1, 0.15) is 5.76 Å². The minimum atomic E-state index is -3.52. The number of rotatable bonds is 8. The van der Waals surface area contributed by atoms with Gasteiger partial charge in [0.25, 0.3) is 5.91 Å². The van der Waals surface area contributed by atoms with Crippen LogP contribution in [0.4, 0.5) is 5.69 Å². The maximum Gasteiger partial charge on any atom is 0.287 e. The predicted octanol–water partition coefficient (Wildman–Crippen LogP) is 2.60. The summed E-state index contributed by atoms with van der Waals surface area (Å²) in [5.74, 6) is 0.686. The van der Waals surface area contributed by atoms with Crippen molar-refractivity contribution in [3.63, 3.8) is 0 Å². The quantitative estimate of drug-likeness (QED) is 0.591. The van der Waals surface area contributed by atoms with E-state index in [-0.39, 0.29) is 22.8 Å². The molecule has 0 atom stereocenters. The van der Waals surface area contributed by atoms with Crippen LogP contribution in [-0.2, 0) is 14.8 Å². The molecule has 0 spiro atoms. The lowest BCUT2D eigenvalue weighted by atomic mass is 10.0. The summed E-state index contributed by atoms with van der Waals surface area (Å²) in [5.41, 5.74) is 0.486. The molecule has 0 radical (unpaired) electrons. The molecule has 0 saturated carbocycles. The molecule has 1 aromatic carbocycles. The van der Waals surface area contributed by atoms with Crippen molar-refractivity contribution in [2.24, 2.45) is 0 Å². The lowest BCUT2D eigenvalue weighted by molar-refractivity contribution is -0.116. The highest BCUT2D eigenvalue weighted by atomic mass is 32.2. The first-order chi connectivity index (χ1) is 16.3. The van der Waals surface area contributed by atoms with Gasteiger partial charge in [-0.1, -0.05) is 6.07 Å². The smallest absolute Gasteiger partial charge is 0.287 e. The third-order valence-corrected chi connectivity index (χ3v) is 8.26. The summed E-state index contributed by atoms with van der Waals surface area (Å²) in [4.78, 5) is 27.1. The van der Waals surface area contributed by atoms with E-state index in [0.29, 0.717) is 43.3 Å². The van der Waals surface area contributed by atoms with E-state index in [0.717, 1.165) is 38.8 Å². The first-order valence-electron chi connectivity index (χ1n) is 11.8. The van der Waals surface area contributed by atoms with Crippen LogP contribution >= 0.6 is 0 Å². The number of hydrogen-bond donors (Lipinski definition) is 2. The van der Waals surface area contributed by atoms with Crippen molar-refractivity contribution < 1.29 is 22.4 Å². The minimum Gasteiger partial charge on any atom is -0.456 e. The minimum absolute atomic E-state index is 0.0864. The number of benzene rings is 1. The van der Waals surface area contributed by atoms with E-state index in [4.69, 9.17) is 4.42 Å². The molecule has 2 amide bonds. The number of hydrogen-bond acceptors (Lipinski definition) is 6. The number of anilines is 1. The molecule has 2 aliphatic rings. The fraction of sp³-hybridized carbons (Fsp3) is 0.500. The molecule has 184 valence electrons. The third kappa shape index (κ3) is 6.05. The molecule has 0 bridgehead atoms. The Bertz CT molecular complexity index is 1120. The number of furan rings is 1. The normalized spacial score (nSPS) is 18.1. The van der Waals surface area contributed by atoms with Crippen LogP contribution in [0, 0.1) is 6.92 Å². The van der Waals surface area contributed by atoms with Crippen molar-refractivity contribution in [3.05, 3.63) is 47.9 Å². The van der Waals surface area contributed by atoms with Gasteiger partial charge in [-0.3, -0.25) is 9.59 Å². The average Bonchev–Trinajstić information content (AvgIpc) is 3.51. The molecule has 2 aromatic rings. The maximum absolute atomic E-state index is 12.8. The summed E-state index contributed by atoms with van der Waals surface area (Å²) in [6.45, 7) is 5.08. The third-order valence-electron chi connectivity index (χ3n) is 6.36. The molecule has 2 fully saturated rings. The fourth-order valence-corrected chi connectivity index (χ4v) is 5.97. The number of carbonyl (C=O) groups excluding carboxylic acids is 2. The molecule has 2 saturated heterocycles. The van der Waals surface area contributed by atoms with Crippen LogP contribution in [0.1, 0.15) is 48.4 Å². The zero-order valence-corrected chi connectivity index (χ0v) is 20.3. The number of nitrogens with zero attached hydrogens (tertiary/aromatic N) is 2. The second-order valence-electron chi connectivity index (χ2n) is 8.94. The van der Waals surface area contributed by atoms with E-state index in [1.807, 2.05) is 0 Å². The van der Waals surface area contributed by atoms with Crippen molar-refractivity contribution in [3.8, 4) is 0 Å². The van der Waals surface area contributed by atoms with Crippen LogP contribution in [0.2, 0.25) is 0 Å². The summed E-state index contributed by atoms with van der Waals surface area (Å²) in [6.07, 6.45) is 3.69. The monoisotopic (exact) mass is 488 g/mol. The van der Waals surface area contributed by atoms with E-state index in [1.165, 1.54) is 10.4 Å². The van der Waals surface area contributed by atoms with Crippen molar-refractivity contribution in [1.82, 2.24) is 14.5 Å². The van der Waals surface area contributed by atoms with E-state index < -0.39 is 10.0 Å². The van der Waals surface area contributed by atoms with Gasteiger partial charge in [0.2, 0.25) is 15.9 Å². The topological polar surface area (TPSA) is 112 Å². The Morgan fingerprint density at radius 2 is 1.79 bits per heavy atom. The summed E-state index contributed by atoms with van der Waals surface area (Å²) >= 11 is 0. The summed E-state index contributed by atoms with van der Waals surface area (Å²) in [5, 5.41) is 5.84. The molecular weight excluding hydrogens is 456 g/mol. The van der Waals surface area contributed by atoms with E-state index in [2.05, 4.69) is 15.5 Å². The van der Waals surface area contributed by atoms with E-state index in [9.17, 15) is 18.0 Å². The molecule has 2 N–H and O–H groups in total. The number of sulfonamides is 1. The van der Waals surface area contributed by atoms with E-state index >= 15 is 0 Å². The Morgan fingerprint density at radius 1 is 1.06 bits per heavy atom. The van der Waals surface area contributed by atoms with Gasteiger partial charge in [0.05, 0.1) is 4.90 Å². The predicted molar refractivity (Wildman–Crippen MR) is 128 cm³/mol. The Balaban J connectivity index is 1.21. The molecule has 2 aliphatic heterocycles. The van der Waals surface area contributed by atoms with Crippen molar-refractivity contribution in [1.29, 1.82) is 0 Å². The van der Waals surface area contributed by atoms with Gasteiger partial charge in [-0.25, -0.2) is 8.42 Å². The standard InChI is InChI=1S/C24H32N4O5S/c1-18-7-8-22(33-18)24(30)26-19-9-14-27(15-10-19)16-11-23(29)25-20-5-4-6-21(17-20)34(31,32)28-12-2-3-13-28/h4-8,17,19H,2-3,9-16H2,1H3,(H,25,29)(H,26,30). The van der Waals surface area contributed by atoms with Crippen LogP contribution in [0.3, 0.4) is 0 Å². The van der Waals surface area contributed by atoms with Gasteiger partial charge < -0.3 is 20.0 Å². The Kier molecular flexibility index (Phi) is 7.70. The SMILES string of the molecule is Cc1ccc(C(=O)NC2CCN(CCC(=O)Nc3cccc(S(=O)(=O)N4CCCC4)c3)CC2)o1. The second kappa shape index (κ2) is 10.7. The number of carbonyl (C=O) groups is 2. The van der Waals surface area contributed by atoms with Gasteiger partial charge >= 0.3 is 0 Å². The zero-order chi connectivity index (χ0) is 24.1. The number of aryl methyl sites for hydroxylation is 1. The molecule has 9 nitrogen and oxygen atoms in total. The molecule has 34 heavy (non-hydrogen) atoms. The van der Waals surface area contributed by atoms with Gasteiger partial charge in [0, 0.05) is 50.9 Å². The lowest BCUT2D eigenvalue weighted by Gasteiger charge is -2.32. The van der Waals surface area contributed by atoms with Crippen LogP contribution < -0.4 is 10.6 Å². The van der Waals surface area contributed by atoms with Crippen molar-refractivity contribution in [2.45, 2.75) is 50.0 Å². The molecule has 10 heteroatoms. The highest BCUT2D eigenvalue weighted by molar-refractivity contribution is 7.89. The summed E-state index contributed by atoms with van der Waals surface area (Å²) in [7, 11) is -3.52. The number of amides is 2. The molecule has 0 aliphatic carbocycles. The first kappa shape index (κ1) is 24.4. The molecule has 0 unspecified atom stereocenters. The fourth-order valence-electron chi connectivity index (χ4n) is 4.41. The Labute approximate surface area is 200 Å². The van der Waals surface area contributed by atoms with E-state index in [1.54, 1.807) is 37.3 Å². The number of nitrogens with one attached hydrogen (secondary N) is 2. The van der Waals surface area contributed by atoms with Crippen LogP contribution in [-0.4, -0.2) is 68.2 Å². The molecule has 3 heterocycles. The zero-order valence-electron chi connectivity index (χ0n) is 19.5. The highest BCUT2D eigenvalue weighted by Crippen LogP contribution is 2.23. The van der Waals surface area contributed by atoms with Crippen LogP contribution in [0.25, 0.3) is 0 Å². The van der Waals surface area contributed by atoms with Gasteiger partial charge in [-0.2, -0.15) is 4.31 Å². The molecule has 1 aromatic heterocycles. The van der Waals surface area contributed by atoms with Gasteiger partial charge in [0.15, 0.2) is 5.76 Å². The largest absolute Gasteiger partial charge is 0.456 e. The average molecular weight is 489 g/mol. The van der Waals surface area contributed by atoms with Crippen LogP contribution in [0.15, 0.2) is 45.7 Å². The number of piperidine rings is 1. The Hall–Kier alpha value is -2.69. The molecular formula is C24H32N4O5S. The Morgan fingerprint density at radius 3 is 2.47 bits per heavy atom. The highest BCUT2D eigenvalue weighted by Gasteiger charge is 2.27. The molecule has 4 rings (SSSR count). The van der Waals surface area contributed by atoms with Gasteiger partial charge in [-0.05, 0) is 62.9 Å². The first-order valence-corrected chi connectivity index (χ1v) is 13.2. The maximum atomic E-state index is 12.8.